The largest absolute Gasteiger partial charge is 0.493 e. The Morgan fingerprint density at radius 1 is 1.00 bits per heavy atom. The minimum Gasteiger partial charge on any atom is -0.493 e. The third-order valence-corrected chi connectivity index (χ3v) is 5.30. The summed E-state index contributed by atoms with van der Waals surface area (Å²) in [6.07, 6.45) is 0. The number of rotatable bonds is 6. The number of benzene rings is 2. The molecule has 0 aromatic heterocycles. The van der Waals surface area contributed by atoms with E-state index in [0.29, 0.717) is 0 Å². The third kappa shape index (κ3) is 4.79. The topological polar surface area (TPSA) is 93.7 Å². The van der Waals surface area contributed by atoms with Crippen LogP contribution in [0.25, 0.3) is 0 Å². The molecule has 2 rings (SSSR count). The van der Waals surface area contributed by atoms with Crippen molar-refractivity contribution in [3.63, 3.8) is 0 Å². The Kier molecular flexibility index (Phi) is 6.30. The molecule has 0 spiro atoms. The maximum absolute atomic E-state index is 14.2. The second-order valence-electron chi connectivity index (χ2n) is 7.02. The lowest BCUT2D eigenvalue weighted by molar-refractivity contribution is 0.0945. The van der Waals surface area contributed by atoms with Crippen LogP contribution >= 0.6 is 0 Å². The number of sulfonamides is 1. The van der Waals surface area contributed by atoms with E-state index >= 15 is 0 Å². The smallest absolute Gasteiger partial charge is 0.266 e. The zero-order chi connectivity index (χ0) is 21.1. The lowest BCUT2D eigenvalue weighted by Crippen LogP contribution is -2.41. The van der Waals surface area contributed by atoms with Crippen molar-refractivity contribution in [2.24, 2.45) is 0 Å². The van der Waals surface area contributed by atoms with Crippen molar-refractivity contribution in [3.8, 4) is 11.5 Å². The fourth-order valence-corrected chi connectivity index (χ4v) is 3.32. The number of ether oxygens (including phenoxy) is 2. The molecular formula is C19H23FN2O5S. The van der Waals surface area contributed by atoms with Crippen molar-refractivity contribution in [2.75, 3.05) is 14.2 Å². The lowest BCUT2D eigenvalue weighted by Gasteiger charge is -2.19. The molecule has 0 heterocycles. The van der Waals surface area contributed by atoms with Crippen LogP contribution in [0.15, 0.2) is 41.3 Å². The Morgan fingerprint density at radius 2 is 1.54 bits per heavy atom. The molecule has 0 aliphatic heterocycles. The van der Waals surface area contributed by atoms with Crippen molar-refractivity contribution in [3.05, 3.63) is 53.3 Å². The number of halogens is 1. The van der Waals surface area contributed by atoms with E-state index in [1.807, 2.05) is 25.6 Å². The maximum atomic E-state index is 14.2. The molecule has 152 valence electrons. The molecule has 0 saturated carbocycles. The van der Waals surface area contributed by atoms with Crippen LogP contribution in [0.1, 0.15) is 36.7 Å². The minimum absolute atomic E-state index is 0.0355. The van der Waals surface area contributed by atoms with E-state index in [1.54, 1.807) is 24.3 Å². The molecule has 7 nitrogen and oxygen atoms in total. The number of carbonyl (C=O) groups excluding carboxylic acids is 1. The number of carbonyl (C=O) groups is 1. The molecule has 28 heavy (non-hydrogen) atoms. The number of amides is 1. The predicted octanol–water partition coefficient (Wildman–Crippen LogP) is 2.76. The fraction of sp³-hybridized carbons (Fsp3) is 0.316. The van der Waals surface area contributed by atoms with Gasteiger partial charge in [0.25, 0.3) is 15.9 Å². The lowest BCUT2D eigenvalue weighted by atomic mass is 9.87. The first-order valence-corrected chi connectivity index (χ1v) is 9.82. The van der Waals surface area contributed by atoms with Gasteiger partial charge in [-0.15, -0.1) is 4.83 Å². The molecule has 1 amide bonds. The molecule has 0 aliphatic carbocycles. The Bertz CT molecular complexity index is 967. The predicted molar refractivity (Wildman–Crippen MR) is 102 cm³/mol. The first-order valence-electron chi connectivity index (χ1n) is 8.34. The minimum atomic E-state index is -4.38. The van der Waals surface area contributed by atoms with Crippen LogP contribution in [0.2, 0.25) is 0 Å². The summed E-state index contributed by atoms with van der Waals surface area (Å²) < 4.78 is 48.9. The maximum Gasteiger partial charge on any atom is 0.266 e. The molecule has 0 fully saturated rings. The Hall–Kier alpha value is -2.65. The summed E-state index contributed by atoms with van der Waals surface area (Å²) in [4.78, 5) is 13.4. The van der Waals surface area contributed by atoms with Crippen LogP contribution in [0.5, 0.6) is 11.5 Å². The first-order chi connectivity index (χ1) is 13.0. The molecule has 0 aliphatic rings. The number of nitrogens with one attached hydrogen (secondary N) is 2. The molecule has 0 saturated heterocycles. The normalized spacial score (nSPS) is 11.8. The summed E-state index contributed by atoms with van der Waals surface area (Å²) in [5.74, 6) is -1.64. The van der Waals surface area contributed by atoms with Gasteiger partial charge in [-0.1, -0.05) is 32.9 Å². The molecular weight excluding hydrogens is 387 g/mol. The summed E-state index contributed by atoms with van der Waals surface area (Å²) in [7, 11) is -1.78. The van der Waals surface area contributed by atoms with Crippen LogP contribution in [0.4, 0.5) is 4.39 Å². The Balaban J connectivity index is 2.18. The van der Waals surface area contributed by atoms with E-state index in [2.05, 4.69) is 5.43 Å². The van der Waals surface area contributed by atoms with Gasteiger partial charge in [-0.25, -0.2) is 12.8 Å². The van der Waals surface area contributed by atoms with Gasteiger partial charge >= 0.3 is 0 Å². The zero-order valence-corrected chi connectivity index (χ0v) is 17.1. The second-order valence-corrected chi connectivity index (χ2v) is 8.68. The number of hydrazine groups is 1. The van der Waals surface area contributed by atoms with E-state index in [-0.39, 0.29) is 22.5 Å². The first kappa shape index (κ1) is 21.6. The summed E-state index contributed by atoms with van der Waals surface area (Å²) in [6.45, 7) is 6.11. The molecule has 2 aromatic rings. The highest BCUT2D eigenvalue weighted by molar-refractivity contribution is 7.89. The van der Waals surface area contributed by atoms with Crippen LogP contribution in [0.3, 0.4) is 0 Å². The fourth-order valence-electron chi connectivity index (χ4n) is 2.40. The van der Waals surface area contributed by atoms with Gasteiger partial charge in [-0.05, 0) is 23.1 Å². The molecule has 2 aromatic carbocycles. The van der Waals surface area contributed by atoms with Crippen LogP contribution < -0.4 is 19.7 Å². The van der Waals surface area contributed by atoms with E-state index in [9.17, 15) is 17.6 Å². The van der Waals surface area contributed by atoms with Gasteiger partial charge in [0.05, 0.1) is 14.2 Å². The second kappa shape index (κ2) is 8.15. The highest BCUT2D eigenvalue weighted by atomic mass is 32.2. The van der Waals surface area contributed by atoms with Gasteiger partial charge in [0.1, 0.15) is 10.7 Å². The highest BCUT2D eigenvalue weighted by Crippen LogP contribution is 2.31. The zero-order valence-electron chi connectivity index (χ0n) is 16.3. The van der Waals surface area contributed by atoms with Crippen molar-refractivity contribution in [1.29, 1.82) is 0 Å². The van der Waals surface area contributed by atoms with E-state index in [4.69, 9.17) is 9.47 Å². The van der Waals surface area contributed by atoms with Crippen molar-refractivity contribution in [1.82, 2.24) is 10.3 Å². The van der Waals surface area contributed by atoms with E-state index in [0.717, 1.165) is 17.7 Å². The third-order valence-electron chi connectivity index (χ3n) is 4.04. The van der Waals surface area contributed by atoms with Gasteiger partial charge in [0, 0.05) is 17.7 Å². The van der Waals surface area contributed by atoms with Crippen molar-refractivity contribution >= 4 is 15.9 Å². The summed E-state index contributed by atoms with van der Waals surface area (Å²) in [6, 6.07) is 8.61. The molecule has 0 bridgehead atoms. The molecule has 0 unspecified atom stereocenters. The average Bonchev–Trinajstić information content (AvgIpc) is 2.65. The number of hydrogen-bond acceptors (Lipinski definition) is 5. The van der Waals surface area contributed by atoms with Crippen molar-refractivity contribution < 1.29 is 27.1 Å². The van der Waals surface area contributed by atoms with E-state index < -0.39 is 26.6 Å². The molecule has 0 radical (unpaired) electrons. The van der Waals surface area contributed by atoms with Crippen LogP contribution in [0, 0.1) is 5.82 Å². The Morgan fingerprint density at radius 3 is 2.04 bits per heavy atom. The number of methoxy groups -OCH3 is 2. The summed E-state index contributed by atoms with van der Waals surface area (Å²) >= 11 is 0. The van der Waals surface area contributed by atoms with Gasteiger partial charge in [-0.2, -0.15) is 0 Å². The summed E-state index contributed by atoms with van der Waals surface area (Å²) in [5.41, 5.74) is 3.27. The van der Waals surface area contributed by atoms with Gasteiger partial charge < -0.3 is 9.47 Å². The summed E-state index contributed by atoms with van der Waals surface area (Å²) in [5, 5.41) is 0. The van der Waals surface area contributed by atoms with Gasteiger partial charge in [0.2, 0.25) is 0 Å². The highest BCUT2D eigenvalue weighted by Gasteiger charge is 2.23. The monoisotopic (exact) mass is 410 g/mol. The molecule has 9 heteroatoms. The molecule has 2 N–H and O–H groups in total. The quantitative estimate of drug-likeness (QED) is 0.715. The van der Waals surface area contributed by atoms with E-state index in [1.165, 1.54) is 14.2 Å². The average molecular weight is 410 g/mol. The van der Waals surface area contributed by atoms with Crippen LogP contribution in [-0.2, 0) is 15.4 Å². The standard InChI is InChI=1S/C19H23FN2O5S/c1-19(2,3)13-8-6-12(7-9-13)18(23)21-22-28(24,25)17-11-16(27-5)15(26-4)10-14(17)20/h6-11,22H,1-5H3,(H,21,23). The molecule has 0 atom stereocenters. The van der Waals surface area contributed by atoms with Crippen molar-refractivity contribution in [2.45, 2.75) is 31.1 Å². The SMILES string of the molecule is COc1cc(F)c(S(=O)(=O)NNC(=O)c2ccc(C(C)(C)C)cc2)cc1OC. The number of hydrogen-bond donors (Lipinski definition) is 2. The van der Waals surface area contributed by atoms with Crippen LogP contribution in [-0.4, -0.2) is 28.5 Å². The van der Waals surface area contributed by atoms with Gasteiger partial charge in [0.15, 0.2) is 11.5 Å². The van der Waals surface area contributed by atoms with Gasteiger partial charge in [-0.3, -0.25) is 10.2 Å². The Labute approximate surface area is 163 Å².